The van der Waals surface area contributed by atoms with Gasteiger partial charge in [0.05, 0.1) is 12.5 Å². The van der Waals surface area contributed by atoms with E-state index in [2.05, 4.69) is 11.9 Å². The number of nitrogens with zero attached hydrogens (tertiary/aromatic N) is 1. The van der Waals surface area contributed by atoms with Crippen LogP contribution in [0.2, 0.25) is 0 Å². The molecule has 1 aromatic carbocycles. The molecular weight excluding hydrogens is 271 g/mol. The second kappa shape index (κ2) is 5.85. The van der Waals surface area contributed by atoms with Crippen LogP contribution in [0.5, 0.6) is 0 Å². The Bertz CT molecular complexity index is 647. The van der Waals surface area contributed by atoms with Gasteiger partial charge in [0.25, 0.3) is 0 Å². The van der Waals surface area contributed by atoms with Crippen molar-refractivity contribution in [1.82, 2.24) is 9.88 Å². The average molecular weight is 290 g/mol. The van der Waals surface area contributed by atoms with Crippen LogP contribution in [0.3, 0.4) is 0 Å². The summed E-state index contributed by atoms with van der Waals surface area (Å²) in [6.45, 7) is 4.17. The third kappa shape index (κ3) is 2.93. The first-order valence-corrected chi connectivity index (χ1v) is 7.32. The van der Waals surface area contributed by atoms with Crippen LogP contribution in [0.1, 0.15) is 18.9 Å². The van der Waals surface area contributed by atoms with Crippen LogP contribution in [-0.4, -0.2) is 41.6 Å². The number of amides is 1. The number of ether oxygens (including phenoxy) is 1. The maximum absolute atomic E-state index is 13.1. The second-order valence-corrected chi connectivity index (χ2v) is 5.47. The van der Waals surface area contributed by atoms with Crippen molar-refractivity contribution in [3.63, 3.8) is 0 Å². The second-order valence-electron chi connectivity index (χ2n) is 5.47. The molecular formula is C16H19FN2O2. The maximum Gasteiger partial charge on any atom is 0.227 e. The van der Waals surface area contributed by atoms with E-state index in [0.717, 1.165) is 29.5 Å². The highest BCUT2D eigenvalue weighted by Crippen LogP contribution is 2.21. The standard InChI is InChI=1S/C16H19FN2O2/c1-2-5-21-13-9-19(10-13)16(20)6-11-8-18-15-7-12(17)3-4-14(11)15/h3-4,7-8,13,18H,2,5-6,9-10H2,1H3. The lowest BCUT2D eigenvalue weighted by Gasteiger charge is -2.39. The van der Waals surface area contributed by atoms with Gasteiger partial charge in [0, 0.05) is 36.8 Å². The number of aromatic nitrogens is 1. The van der Waals surface area contributed by atoms with Gasteiger partial charge >= 0.3 is 0 Å². The molecule has 0 aliphatic carbocycles. The number of fused-ring (bicyclic) bond motifs is 1. The molecule has 1 aliphatic rings. The SMILES string of the molecule is CCCOC1CN(C(=O)Cc2c[nH]c3cc(F)ccc23)C1. The van der Waals surface area contributed by atoms with E-state index in [9.17, 15) is 9.18 Å². The van der Waals surface area contributed by atoms with Crippen LogP contribution >= 0.6 is 0 Å². The lowest BCUT2D eigenvalue weighted by atomic mass is 10.1. The number of H-pyrrole nitrogens is 1. The number of benzene rings is 1. The number of hydrogen-bond donors (Lipinski definition) is 1. The third-order valence-corrected chi connectivity index (χ3v) is 3.83. The highest BCUT2D eigenvalue weighted by molar-refractivity contribution is 5.89. The van der Waals surface area contributed by atoms with Gasteiger partial charge in [-0.05, 0) is 30.2 Å². The topological polar surface area (TPSA) is 45.3 Å². The molecule has 2 heterocycles. The Morgan fingerprint density at radius 2 is 2.29 bits per heavy atom. The summed E-state index contributed by atoms with van der Waals surface area (Å²) in [5.74, 6) is -0.183. The van der Waals surface area contributed by atoms with Gasteiger partial charge in [-0.25, -0.2) is 4.39 Å². The van der Waals surface area contributed by atoms with E-state index in [1.54, 1.807) is 12.3 Å². The molecule has 1 fully saturated rings. The smallest absolute Gasteiger partial charge is 0.227 e. The molecule has 0 bridgehead atoms. The number of hydrogen-bond acceptors (Lipinski definition) is 2. The molecule has 21 heavy (non-hydrogen) atoms. The molecule has 0 spiro atoms. The summed E-state index contributed by atoms with van der Waals surface area (Å²) in [5.41, 5.74) is 1.64. The minimum Gasteiger partial charge on any atom is -0.375 e. The molecule has 112 valence electrons. The summed E-state index contributed by atoms with van der Waals surface area (Å²) in [6, 6.07) is 4.58. The molecule has 0 atom stereocenters. The van der Waals surface area contributed by atoms with Crippen LogP contribution in [0.25, 0.3) is 10.9 Å². The van der Waals surface area contributed by atoms with E-state index < -0.39 is 0 Å². The van der Waals surface area contributed by atoms with Crippen LogP contribution < -0.4 is 0 Å². The lowest BCUT2D eigenvalue weighted by Crippen LogP contribution is -2.55. The highest BCUT2D eigenvalue weighted by atomic mass is 19.1. The van der Waals surface area contributed by atoms with Crippen molar-refractivity contribution in [2.24, 2.45) is 0 Å². The van der Waals surface area contributed by atoms with E-state index in [1.165, 1.54) is 12.1 Å². The van der Waals surface area contributed by atoms with Crippen molar-refractivity contribution in [2.45, 2.75) is 25.9 Å². The summed E-state index contributed by atoms with van der Waals surface area (Å²) in [6.07, 6.45) is 3.31. The number of carbonyl (C=O) groups is 1. The number of aromatic amines is 1. The Morgan fingerprint density at radius 3 is 3.05 bits per heavy atom. The summed E-state index contributed by atoms with van der Waals surface area (Å²) in [4.78, 5) is 17.0. The molecule has 1 aliphatic heterocycles. The normalized spacial score (nSPS) is 15.4. The average Bonchev–Trinajstić information content (AvgIpc) is 2.79. The van der Waals surface area contributed by atoms with Crippen LogP contribution in [0.15, 0.2) is 24.4 Å². The van der Waals surface area contributed by atoms with Gasteiger partial charge in [0.2, 0.25) is 5.91 Å². The van der Waals surface area contributed by atoms with Crippen molar-refractivity contribution in [1.29, 1.82) is 0 Å². The minimum atomic E-state index is -0.277. The predicted molar refractivity (Wildman–Crippen MR) is 78.6 cm³/mol. The van der Waals surface area contributed by atoms with Crippen LogP contribution in [0.4, 0.5) is 4.39 Å². The molecule has 5 heteroatoms. The van der Waals surface area contributed by atoms with Crippen molar-refractivity contribution < 1.29 is 13.9 Å². The first-order chi connectivity index (χ1) is 10.2. The monoisotopic (exact) mass is 290 g/mol. The molecule has 1 N–H and O–H groups in total. The van der Waals surface area contributed by atoms with Gasteiger partial charge in [0.15, 0.2) is 0 Å². The number of likely N-dealkylation sites (tertiary alicyclic amines) is 1. The molecule has 1 saturated heterocycles. The van der Waals surface area contributed by atoms with Crippen molar-refractivity contribution >= 4 is 16.8 Å². The Labute approximate surface area is 122 Å². The van der Waals surface area contributed by atoms with Crippen LogP contribution in [0, 0.1) is 5.82 Å². The van der Waals surface area contributed by atoms with E-state index in [4.69, 9.17) is 4.74 Å². The fourth-order valence-electron chi connectivity index (χ4n) is 2.61. The van der Waals surface area contributed by atoms with Crippen molar-refractivity contribution in [2.75, 3.05) is 19.7 Å². The largest absolute Gasteiger partial charge is 0.375 e. The summed E-state index contributed by atoms with van der Waals surface area (Å²) in [5, 5.41) is 0.907. The fraction of sp³-hybridized carbons (Fsp3) is 0.438. The first kappa shape index (κ1) is 14.1. The molecule has 2 aromatic rings. The molecule has 0 radical (unpaired) electrons. The number of carbonyl (C=O) groups excluding carboxylic acids is 1. The van der Waals surface area contributed by atoms with E-state index in [-0.39, 0.29) is 17.8 Å². The minimum absolute atomic E-state index is 0.0940. The zero-order chi connectivity index (χ0) is 14.8. The Hall–Kier alpha value is -1.88. The number of halogens is 1. The molecule has 4 nitrogen and oxygen atoms in total. The molecule has 0 saturated carbocycles. The number of nitrogens with one attached hydrogen (secondary N) is 1. The Kier molecular flexibility index (Phi) is 3.92. The summed E-state index contributed by atoms with van der Waals surface area (Å²) >= 11 is 0. The maximum atomic E-state index is 13.1. The van der Waals surface area contributed by atoms with E-state index in [1.807, 2.05) is 4.90 Å². The third-order valence-electron chi connectivity index (χ3n) is 3.83. The Morgan fingerprint density at radius 1 is 1.48 bits per heavy atom. The van der Waals surface area contributed by atoms with Gasteiger partial charge in [0.1, 0.15) is 5.82 Å². The predicted octanol–water partition coefficient (Wildman–Crippen LogP) is 2.49. The molecule has 0 unspecified atom stereocenters. The van der Waals surface area contributed by atoms with E-state index in [0.29, 0.717) is 19.5 Å². The lowest BCUT2D eigenvalue weighted by molar-refractivity contribution is -0.144. The first-order valence-electron chi connectivity index (χ1n) is 7.32. The van der Waals surface area contributed by atoms with Crippen LogP contribution in [-0.2, 0) is 16.0 Å². The van der Waals surface area contributed by atoms with Gasteiger partial charge in [-0.3, -0.25) is 4.79 Å². The fourth-order valence-corrected chi connectivity index (χ4v) is 2.61. The highest BCUT2D eigenvalue weighted by Gasteiger charge is 2.31. The zero-order valence-electron chi connectivity index (χ0n) is 12.1. The molecule has 3 rings (SSSR count). The van der Waals surface area contributed by atoms with Gasteiger partial charge in [-0.15, -0.1) is 0 Å². The Balaban J connectivity index is 1.60. The molecule has 1 amide bonds. The molecule has 1 aromatic heterocycles. The van der Waals surface area contributed by atoms with Gasteiger partial charge in [-0.1, -0.05) is 6.92 Å². The summed E-state index contributed by atoms with van der Waals surface area (Å²) < 4.78 is 18.7. The van der Waals surface area contributed by atoms with Gasteiger partial charge < -0.3 is 14.6 Å². The number of rotatable bonds is 5. The van der Waals surface area contributed by atoms with Crippen molar-refractivity contribution in [3.8, 4) is 0 Å². The van der Waals surface area contributed by atoms with Gasteiger partial charge in [-0.2, -0.15) is 0 Å². The zero-order valence-corrected chi connectivity index (χ0v) is 12.1. The van der Waals surface area contributed by atoms with E-state index >= 15 is 0 Å². The quantitative estimate of drug-likeness (QED) is 0.919. The van der Waals surface area contributed by atoms with Crippen molar-refractivity contribution in [3.05, 3.63) is 35.8 Å². The summed E-state index contributed by atoms with van der Waals surface area (Å²) in [7, 11) is 0.